The van der Waals surface area contributed by atoms with Crippen LogP contribution in [0.4, 0.5) is 0 Å². The Balaban J connectivity index is 2.17. The maximum Gasteiger partial charge on any atom is 0.141 e. The highest BCUT2D eigenvalue weighted by Gasteiger charge is 2.10. The molecular formula is C16H15ClN2. The van der Waals surface area contributed by atoms with Gasteiger partial charge in [-0.25, -0.2) is 4.98 Å². The zero-order valence-corrected chi connectivity index (χ0v) is 11.6. The van der Waals surface area contributed by atoms with Crippen molar-refractivity contribution >= 4 is 22.6 Å². The third kappa shape index (κ3) is 2.13. The molecule has 0 bridgehead atoms. The van der Waals surface area contributed by atoms with Gasteiger partial charge in [-0.1, -0.05) is 36.4 Å². The van der Waals surface area contributed by atoms with Crippen molar-refractivity contribution < 1.29 is 0 Å². The number of para-hydroxylation sites is 2. The van der Waals surface area contributed by atoms with E-state index >= 15 is 0 Å². The zero-order chi connectivity index (χ0) is 13.2. The van der Waals surface area contributed by atoms with Crippen molar-refractivity contribution in [1.29, 1.82) is 0 Å². The lowest BCUT2D eigenvalue weighted by Gasteiger charge is -2.06. The summed E-state index contributed by atoms with van der Waals surface area (Å²) in [6.07, 6.45) is 0. The topological polar surface area (TPSA) is 17.8 Å². The Kier molecular flexibility index (Phi) is 3.26. The molecule has 2 aromatic carbocycles. The molecule has 0 saturated heterocycles. The van der Waals surface area contributed by atoms with Crippen LogP contribution in [0.3, 0.4) is 0 Å². The highest BCUT2D eigenvalue weighted by atomic mass is 35.5. The van der Waals surface area contributed by atoms with Crippen molar-refractivity contribution in [2.75, 3.05) is 0 Å². The van der Waals surface area contributed by atoms with Gasteiger partial charge in [-0.2, -0.15) is 0 Å². The van der Waals surface area contributed by atoms with Crippen LogP contribution < -0.4 is 0 Å². The predicted molar refractivity (Wildman–Crippen MR) is 80.4 cm³/mol. The summed E-state index contributed by atoms with van der Waals surface area (Å²) >= 11 is 5.83. The van der Waals surface area contributed by atoms with Crippen molar-refractivity contribution in [2.45, 2.75) is 19.3 Å². The lowest BCUT2D eigenvalue weighted by molar-refractivity contribution is 0.796. The van der Waals surface area contributed by atoms with E-state index in [1.165, 1.54) is 5.52 Å². The van der Waals surface area contributed by atoms with Crippen molar-refractivity contribution in [2.24, 2.45) is 0 Å². The van der Waals surface area contributed by atoms with Crippen LogP contribution in [0.2, 0.25) is 0 Å². The first-order chi connectivity index (χ1) is 9.33. The Morgan fingerprint density at radius 1 is 1.05 bits per heavy atom. The molecule has 96 valence electrons. The summed E-state index contributed by atoms with van der Waals surface area (Å²) in [7, 11) is 0. The number of alkyl halides is 1. The van der Waals surface area contributed by atoms with Crippen molar-refractivity contribution in [1.82, 2.24) is 9.55 Å². The lowest BCUT2D eigenvalue weighted by Crippen LogP contribution is -1.97. The molecule has 3 aromatic rings. The van der Waals surface area contributed by atoms with Gasteiger partial charge in [0.15, 0.2) is 0 Å². The number of halogens is 1. The standard InChI is InChI=1S/C16H15ClN2/c1-2-19-15-6-4-3-5-14(15)18-16(19)13-9-7-12(11-17)8-10-13/h3-10H,2,11H2,1H3. The Labute approximate surface area is 117 Å². The van der Waals surface area contributed by atoms with Crippen LogP contribution in [0, 0.1) is 0 Å². The fourth-order valence-electron chi connectivity index (χ4n) is 2.36. The molecule has 3 heteroatoms. The molecular weight excluding hydrogens is 256 g/mol. The van der Waals surface area contributed by atoms with Crippen LogP contribution in [-0.2, 0) is 12.4 Å². The molecule has 0 amide bonds. The van der Waals surface area contributed by atoms with E-state index in [1.807, 2.05) is 6.07 Å². The second-order valence-electron chi connectivity index (χ2n) is 4.50. The Morgan fingerprint density at radius 2 is 1.79 bits per heavy atom. The second kappa shape index (κ2) is 5.06. The van der Waals surface area contributed by atoms with Crippen molar-refractivity contribution in [3.63, 3.8) is 0 Å². The number of fused-ring (bicyclic) bond motifs is 1. The number of imidazole rings is 1. The number of hydrogen-bond acceptors (Lipinski definition) is 1. The predicted octanol–water partition coefficient (Wildman–Crippen LogP) is 4.46. The van der Waals surface area contributed by atoms with E-state index in [0.29, 0.717) is 5.88 Å². The molecule has 0 aliphatic rings. The van der Waals surface area contributed by atoms with Crippen molar-refractivity contribution in [3.05, 3.63) is 54.1 Å². The first-order valence-electron chi connectivity index (χ1n) is 6.44. The van der Waals surface area contributed by atoms with Gasteiger partial charge in [0.1, 0.15) is 5.82 Å². The quantitative estimate of drug-likeness (QED) is 0.643. The highest BCUT2D eigenvalue weighted by Crippen LogP contribution is 2.25. The maximum atomic E-state index is 5.83. The van der Waals surface area contributed by atoms with Gasteiger partial charge in [-0.15, -0.1) is 11.6 Å². The summed E-state index contributed by atoms with van der Waals surface area (Å²) in [6.45, 7) is 3.05. The molecule has 0 atom stereocenters. The van der Waals surface area contributed by atoms with Gasteiger partial charge in [-0.3, -0.25) is 0 Å². The van der Waals surface area contributed by atoms with Gasteiger partial charge >= 0.3 is 0 Å². The molecule has 0 aliphatic heterocycles. The van der Waals surface area contributed by atoms with Gasteiger partial charge in [0, 0.05) is 18.0 Å². The van der Waals surface area contributed by atoms with Gasteiger partial charge in [0.25, 0.3) is 0 Å². The Bertz CT molecular complexity index is 698. The summed E-state index contributed by atoms with van der Waals surface area (Å²) in [6, 6.07) is 16.5. The fraction of sp³-hybridized carbons (Fsp3) is 0.188. The largest absolute Gasteiger partial charge is 0.324 e. The minimum atomic E-state index is 0.546. The third-order valence-electron chi connectivity index (χ3n) is 3.34. The maximum absolute atomic E-state index is 5.83. The molecule has 0 radical (unpaired) electrons. The van der Waals surface area contributed by atoms with Crippen LogP contribution in [0.5, 0.6) is 0 Å². The van der Waals surface area contributed by atoms with E-state index in [2.05, 4.69) is 54.0 Å². The number of nitrogens with zero attached hydrogens (tertiary/aromatic N) is 2. The smallest absolute Gasteiger partial charge is 0.141 e. The van der Waals surface area contributed by atoms with Gasteiger partial charge in [-0.05, 0) is 24.6 Å². The van der Waals surface area contributed by atoms with E-state index in [1.54, 1.807) is 0 Å². The fourth-order valence-corrected chi connectivity index (χ4v) is 2.54. The van der Waals surface area contributed by atoms with E-state index < -0.39 is 0 Å². The molecule has 3 rings (SSSR count). The van der Waals surface area contributed by atoms with Crippen molar-refractivity contribution in [3.8, 4) is 11.4 Å². The highest BCUT2D eigenvalue weighted by molar-refractivity contribution is 6.17. The number of benzene rings is 2. The number of aryl methyl sites for hydroxylation is 1. The zero-order valence-electron chi connectivity index (χ0n) is 10.8. The summed E-state index contributed by atoms with van der Waals surface area (Å²) in [5.41, 5.74) is 4.48. The van der Waals surface area contributed by atoms with Crippen LogP contribution in [-0.4, -0.2) is 9.55 Å². The van der Waals surface area contributed by atoms with E-state index in [-0.39, 0.29) is 0 Å². The van der Waals surface area contributed by atoms with E-state index in [0.717, 1.165) is 29.0 Å². The first-order valence-corrected chi connectivity index (χ1v) is 6.97. The summed E-state index contributed by atoms with van der Waals surface area (Å²) in [5, 5.41) is 0. The summed E-state index contributed by atoms with van der Waals surface area (Å²) in [5.74, 6) is 1.56. The third-order valence-corrected chi connectivity index (χ3v) is 3.65. The normalized spacial score (nSPS) is 11.1. The SMILES string of the molecule is CCn1c(-c2ccc(CCl)cc2)nc2ccccc21. The van der Waals surface area contributed by atoms with Gasteiger partial charge in [0.05, 0.1) is 11.0 Å². The lowest BCUT2D eigenvalue weighted by atomic mass is 10.1. The average Bonchev–Trinajstić information content (AvgIpc) is 2.85. The van der Waals surface area contributed by atoms with Crippen LogP contribution in [0.25, 0.3) is 22.4 Å². The van der Waals surface area contributed by atoms with Gasteiger partial charge in [0.2, 0.25) is 0 Å². The minimum absolute atomic E-state index is 0.546. The first kappa shape index (κ1) is 12.2. The molecule has 0 N–H and O–H groups in total. The molecule has 0 unspecified atom stereocenters. The molecule has 1 aromatic heterocycles. The monoisotopic (exact) mass is 270 g/mol. The van der Waals surface area contributed by atoms with E-state index in [4.69, 9.17) is 16.6 Å². The number of hydrogen-bond donors (Lipinski definition) is 0. The minimum Gasteiger partial charge on any atom is -0.324 e. The number of aromatic nitrogens is 2. The molecule has 1 heterocycles. The average molecular weight is 271 g/mol. The summed E-state index contributed by atoms with van der Waals surface area (Å²) < 4.78 is 2.24. The molecule has 19 heavy (non-hydrogen) atoms. The summed E-state index contributed by atoms with van der Waals surface area (Å²) in [4.78, 5) is 4.74. The Hall–Kier alpha value is -1.80. The Morgan fingerprint density at radius 3 is 2.47 bits per heavy atom. The van der Waals surface area contributed by atoms with Gasteiger partial charge < -0.3 is 4.57 Å². The molecule has 0 fully saturated rings. The number of rotatable bonds is 3. The second-order valence-corrected chi connectivity index (χ2v) is 4.77. The molecule has 0 aliphatic carbocycles. The molecule has 0 spiro atoms. The molecule has 2 nitrogen and oxygen atoms in total. The van der Waals surface area contributed by atoms with Crippen LogP contribution >= 0.6 is 11.6 Å². The van der Waals surface area contributed by atoms with Crippen LogP contribution in [0.1, 0.15) is 12.5 Å². The van der Waals surface area contributed by atoms with E-state index in [9.17, 15) is 0 Å². The molecule has 0 saturated carbocycles. The van der Waals surface area contributed by atoms with Crippen LogP contribution in [0.15, 0.2) is 48.5 Å².